The monoisotopic (exact) mass is 237 g/mol. The van der Waals surface area contributed by atoms with Gasteiger partial charge in [0.15, 0.2) is 0 Å². The van der Waals surface area contributed by atoms with Crippen LogP contribution in [0.2, 0.25) is 0 Å². The quantitative estimate of drug-likeness (QED) is 0.856. The van der Waals surface area contributed by atoms with Crippen molar-refractivity contribution in [3.05, 3.63) is 71.3 Å². The molecule has 2 aromatic carbocycles. The topological polar surface area (TPSA) is 12.0 Å². The van der Waals surface area contributed by atoms with Crippen molar-refractivity contribution in [2.24, 2.45) is 0 Å². The fourth-order valence-corrected chi connectivity index (χ4v) is 2.56. The molecule has 92 valence electrons. The zero-order chi connectivity index (χ0) is 12.4. The van der Waals surface area contributed by atoms with Gasteiger partial charge in [-0.1, -0.05) is 60.2 Å². The smallest absolute Gasteiger partial charge is 0.0208 e. The van der Waals surface area contributed by atoms with Crippen LogP contribution in [0.4, 0.5) is 0 Å². The molecule has 2 aromatic rings. The van der Waals surface area contributed by atoms with Crippen LogP contribution in [-0.4, -0.2) is 6.04 Å². The van der Waals surface area contributed by atoms with Crippen LogP contribution in [0.5, 0.6) is 0 Å². The molecule has 3 rings (SSSR count). The van der Waals surface area contributed by atoms with Crippen molar-refractivity contribution in [3.8, 4) is 0 Å². The van der Waals surface area contributed by atoms with Crippen LogP contribution in [0.1, 0.15) is 29.0 Å². The minimum atomic E-state index is 0.660. The number of aryl methyl sites for hydroxylation is 1. The molecule has 2 atom stereocenters. The molecule has 0 aliphatic heterocycles. The average Bonchev–Trinajstić information content (AvgIpc) is 3.17. The summed E-state index contributed by atoms with van der Waals surface area (Å²) in [5.74, 6) is 0.719. The Kier molecular flexibility index (Phi) is 3.16. The zero-order valence-corrected chi connectivity index (χ0v) is 10.8. The van der Waals surface area contributed by atoms with Crippen molar-refractivity contribution < 1.29 is 0 Å². The van der Waals surface area contributed by atoms with Crippen LogP contribution in [0, 0.1) is 6.92 Å². The van der Waals surface area contributed by atoms with Gasteiger partial charge in [-0.3, -0.25) is 0 Å². The van der Waals surface area contributed by atoms with Crippen molar-refractivity contribution in [2.45, 2.75) is 31.8 Å². The second-order valence-corrected chi connectivity index (χ2v) is 5.23. The summed E-state index contributed by atoms with van der Waals surface area (Å²) in [5, 5.41) is 3.65. The Bertz CT molecular complexity index is 518. The Balaban J connectivity index is 1.55. The van der Waals surface area contributed by atoms with Crippen LogP contribution in [-0.2, 0) is 6.54 Å². The van der Waals surface area contributed by atoms with Gasteiger partial charge in [0.2, 0.25) is 0 Å². The minimum absolute atomic E-state index is 0.660. The second-order valence-electron chi connectivity index (χ2n) is 5.23. The molecule has 1 saturated carbocycles. The Morgan fingerprint density at radius 1 is 1.06 bits per heavy atom. The summed E-state index contributed by atoms with van der Waals surface area (Å²) in [4.78, 5) is 0. The average molecular weight is 237 g/mol. The van der Waals surface area contributed by atoms with E-state index < -0.39 is 0 Å². The molecule has 0 saturated heterocycles. The minimum Gasteiger partial charge on any atom is -0.309 e. The molecular weight excluding hydrogens is 218 g/mol. The highest BCUT2D eigenvalue weighted by Gasteiger charge is 2.37. The second kappa shape index (κ2) is 4.95. The SMILES string of the molecule is Cc1cccc(CNC2CC2c2ccccc2)c1. The van der Waals surface area contributed by atoms with E-state index >= 15 is 0 Å². The molecule has 1 nitrogen and oxygen atoms in total. The molecule has 1 aliphatic carbocycles. The van der Waals surface area contributed by atoms with Crippen LogP contribution < -0.4 is 5.32 Å². The summed E-state index contributed by atoms with van der Waals surface area (Å²) in [6.45, 7) is 3.13. The molecule has 18 heavy (non-hydrogen) atoms. The summed E-state index contributed by atoms with van der Waals surface area (Å²) < 4.78 is 0. The molecule has 0 aromatic heterocycles. The van der Waals surface area contributed by atoms with Crippen LogP contribution >= 0.6 is 0 Å². The van der Waals surface area contributed by atoms with Gasteiger partial charge < -0.3 is 5.32 Å². The van der Waals surface area contributed by atoms with Crippen LogP contribution in [0.25, 0.3) is 0 Å². The van der Waals surface area contributed by atoms with E-state index in [9.17, 15) is 0 Å². The van der Waals surface area contributed by atoms with Crippen molar-refractivity contribution in [2.75, 3.05) is 0 Å². The van der Waals surface area contributed by atoms with Gasteiger partial charge in [0.1, 0.15) is 0 Å². The molecule has 1 heteroatoms. The highest BCUT2D eigenvalue weighted by Crippen LogP contribution is 2.40. The normalized spacial score (nSPS) is 21.8. The van der Waals surface area contributed by atoms with E-state index in [-0.39, 0.29) is 0 Å². The van der Waals surface area contributed by atoms with Gasteiger partial charge in [-0.2, -0.15) is 0 Å². The fraction of sp³-hybridized carbons (Fsp3) is 0.294. The van der Waals surface area contributed by atoms with E-state index in [4.69, 9.17) is 0 Å². The summed E-state index contributed by atoms with van der Waals surface area (Å²) in [6.07, 6.45) is 1.27. The first-order chi connectivity index (χ1) is 8.83. The summed E-state index contributed by atoms with van der Waals surface area (Å²) in [5.41, 5.74) is 4.19. The Morgan fingerprint density at radius 2 is 1.89 bits per heavy atom. The third-order valence-electron chi connectivity index (χ3n) is 3.67. The van der Waals surface area contributed by atoms with Gasteiger partial charge >= 0.3 is 0 Å². The predicted octanol–water partition coefficient (Wildman–Crippen LogP) is 3.64. The number of benzene rings is 2. The van der Waals surface area contributed by atoms with Gasteiger partial charge in [-0.15, -0.1) is 0 Å². The van der Waals surface area contributed by atoms with Crippen LogP contribution in [0.15, 0.2) is 54.6 Å². The van der Waals surface area contributed by atoms with E-state index in [1.165, 1.54) is 23.1 Å². The Labute approximate surface area is 109 Å². The molecule has 0 heterocycles. The largest absolute Gasteiger partial charge is 0.309 e. The van der Waals surface area contributed by atoms with Gasteiger partial charge in [0.05, 0.1) is 0 Å². The number of nitrogens with one attached hydrogen (secondary N) is 1. The highest BCUT2D eigenvalue weighted by molar-refractivity contribution is 5.28. The van der Waals surface area contributed by atoms with Gasteiger partial charge in [0, 0.05) is 18.5 Å². The molecule has 2 unspecified atom stereocenters. The maximum atomic E-state index is 3.65. The first-order valence-corrected chi connectivity index (χ1v) is 6.67. The molecule has 1 fully saturated rings. The van der Waals surface area contributed by atoms with Crippen molar-refractivity contribution >= 4 is 0 Å². The van der Waals surface area contributed by atoms with E-state index in [1.54, 1.807) is 0 Å². The molecule has 0 amide bonds. The van der Waals surface area contributed by atoms with E-state index in [0.29, 0.717) is 6.04 Å². The molecule has 0 bridgehead atoms. The lowest BCUT2D eigenvalue weighted by Crippen LogP contribution is -2.17. The standard InChI is InChI=1S/C17H19N/c1-13-6-5-7-14(10-13)12-18-17-11-16(17)15-8-3-2-4-9-15/h2-10,16-18H,11-12H2,1H3. The third kappa shape index (κ3) is 2.62. The van der Waals surface area contributed by atoms with Gasteiger partial charge in [-0.25, -0.2) is 0 Å². The van der Waals surface area contributed by atoms with Crippen molar-refractivity contribution in [3.63, 3.8) is 0 Å². The lowest BCUT2D eigenvalue weighted by atomic mass is 10.1. The van der Waals surface area contributed by atoms with E-state index in [2.05, 4.69) is 66.8 Å². The molecule has 0 spiro atoms. The predicted molar refractivity (Wildman–Crippen MR) is 75.6 cm³/mol. The fourth-order valence-electron chi connectivity index (χ4n) is 2.56. The maximum absolute atomic E-state index is 3.65. The highest BCUT2D eigenvalue weighted by atomic mass is 15.0. The number of rotatable bonds is 4. The van der Waals surface area contributed by atoms with Crippen LogP contribution in [0.3, 0.4) is 0 Å². The molecule has 1 aliphatic rings. The molecule has 1 N–H and O–H groups in total. The first-order valence-electron chi connectivity index (χ1n) is 6.67. The lowest BCUT2D eigenvalue weighted by molar-refractivity contribution is 0.672. The zero-order valence-electron chi connectivity index (χ0n) is 10.8. The molecular formula is C17H19N. The summed E-state index contributed by atoms with van der Waals surface area (Å²) in [7, 11) is 0. The lowest BCUT2D eigenvalue weighted by Gasteiger charge is -2.05. The van der Waals surface area contributed by atoms with E-state index in [1.807, 2.05) is 0 Å². The Morgan fingerprint density at radius 3 is 2.67 bits per heavy atom. The third-order valence-corrected chi connectivity index (χ3v) is 3.67. The number of hydrogen-bond acceptors (Lipinski definition) is 1. The van der Waals surface area contributed by atoms with E-state index in [0.717, 1.165) is 12.5 Å². The van der Waals surface area contributed by atoms with Gasteiger partial charge in [0.25, 0.3) is 0 Å². The van der Waals surface area contributed by atoms with Crippen molar-refractivity contribution in [1.82, 2.24) is 5.32 Å². The number of hydrogen-bond donors (Lipinski definition) is 1. The first kappa shape index (κ1) is 11.5. The van der Waals surface area contributed by atoms with Gasteiger partial charge in [-0.05, 0) is 24.5 Å². The summed E-state index contributed by atoms with van der Waals surface area (Å²) >= 11 is 0. The molecule has 0 radical (unpaired) electrons. The maximum Gasteiger partial charge on any atom is 0.0208 e. The summed E-state index contributed by atoms with van der Waals surface area (Å²) in [6, 6.07) is 20.2. The van der Waals surface area contributed by atoms with Crippen molar-refractivity contribution in [1.29, 1.82) is 0 Å². The Hall–Kier alpha value is -1.60.